The summed E-state index contributed by atoms with van der Waals surface area (Å²) in [5, 5.41) is 6.12. The van der Waals surface area contributed by atoms with Crippen LogP contribution in [0.4, 0.5) is 11.6 Å². The lowest BCUT2D eigenvalue weighted by atomic mass is 9.89. The lowest BCUT2D eigenvalue weighted by Gasteiger charge is -2.31. The van der Waals surface area contributed by atoms with Crippen molar-refractivity contribution in [1.82, 2.24) is 19.5 Å². The monoisotopic (exact) mass is 452 g/mol. The summed E-state index contributed by atoms with van der Waals surface area (Å²) in [6, 6.07) is 14.7. The van der Waals surface area contributed by atoms with Gasteiger partial charge in [0.1, 0.15) is 23.6 Å². The van der Waals surface area contributed by atoms with E-state index in [4.69, 9.17) is 9.72 Å². The number of allylic oxidation sites excluding steroid dienone is 2. The van der Waals surface area contributed by atoms with Gasteiger partial charge in [-0.1, -0.05) is 31.2 Å². The van der Waals surface area contributed by atoms with E-state index >= 15 is 0 Å². The number of carbonyl (C=O) groups excluding carboxylic acids is 1. The Hall–Kier alpha value is -4.46. The van der Waals surface area contributed by atoms with E-state index in [1.165, 1.54) is 0 Å². The van der Waals surface area contributed by atoms with E-state index in [1.807, 2.05) is 28.8 Å². The van der Waals surface area contributed by atoms with Crippen LogP contribution in [0.25, 0.3) is 16.9 Å². The van der Waals surface area contributed by atoms with Crippen LogP contribution in [-0.4, -0.2) is 31.5 Å². The van der Waals surface area contributed by atoms with Crippen LogP contribution in [-0.2, 0) is 4.79 Å². The molecule has 0 saturated heterocycles. The van der Waals surface area contributed by atoms with Crippen molar-refractivity contribution < 1.29 is 9.53 Å². The lowest BCUT2D eigenvalue weighted by molar-refractivity contribution is -0.105. The van der Waals surface area contributed by atoms with Gasteiger partial charge in [-0.05, 0) is 55.3 Å². The molecule has 0 spiro atoms. The van der Waals surface area contributed by atoms with Crippen molar-refractivity contribution in [1.29, 1.82) is 0 Å². The molecule has 8 heteroatoms. The Morgan fingerprint density at radius 2 is 1.94 bits per heavy atom. The molecule has 0 fully saturated rings. The van der Waals surface area contributed by atoms with E-state index in [2.05, 4.69) is 51.8 Å². The van der Waals surface area contributed by atoms with Gasteiger partial charge in [0.2, 0.25) is 12.4 Å². The number of hydrogen-bond acceptors (Lipinski definition) is 6. The Labute approximate surface area is 197 Å². The zero-order chi connectivity index (χ0) is 23.4. The predicted octanol–water partition coefficient (Wildman–Crippen LogP) is 5.25. The van der Waals surface area contributed by atoms with Crippen LogP contribution in [0.3, 0.4) is 0 Å². The quantitative estimate of drug-likeness (QED) is 0.355. The SMILES string of the molecule is CC[C@@]1(Nc2nccc(-n3cnc4ccc(Oc5ccc(NC=O)cc5)cc43)n2)C=CC=CC1. The molecule has 170 valence electrons. The first-order valence-corrected chi connectivity index (χ1v) is 11.1. The molecular weight excluding hydrogens is 428 g/mol. The molecule has 1 aliphatic rings. The van der Waals surface area contributed by atoms with Crippen molar-refractivity contribution >= 4 is 29.1 Å². The molecule has 0 bridgehead atoms. The van der Waals surface area contributed by atoms with E-state index < -0.39 is 0 Å². The van der Waals surface area contributed by atoms with Crippen molar-refractivity contribution in [2.75, 3.05) is 10.6 Å². The lowest BCUT2D eigenvalue weighted by Crippen LogP contribution is -2.36. The molecule has 4 aromatic rings. The highest BCUT2D eigenvalue weighted by Gasteiger charge is 2.25. The number of anilines is 2. The maximum atomic E-state index is 10.6. The third-order valence-corrected chi connectivity index (χ3v) is 5.86. The smallest absolute Gasteiger partial charge is 0.225 e. The highest BCUT2D eigenvalue weighted by Crippen LogP contribution is 2.29. The Kier molecular flexibility index (Phi) is 5.78. The number of ether oxygens (including phenoxy) is 1. The zero-order valence-corrected chi connectivity index (χ0v) is 18.7. The number of benzene rings is 2. The van der Waals surface area contributed by atoms with E-state index in [0.29, 0.717) is 35.4 Å². The van der Waals surface area contributed by atoms with Crippen LogP contribution in [0, 0.1) is 0 Å². The first kappa shape index (κ1) is 21.4. The van der Waals surface area contributed by atoms with Crippen molar-refractivity contribution in [3.05, 3.63) is 85.4 Å². The number of rotatable bonds is 8. The topological polar surface area (TPSA) is 94.0 Å². The molecule has 0 radical (unpaired) electrons. The molecule has 1 amide bonds. The fraction of sp³-hybridized carbons (Fsp3) is 0.154. The van der Waals surface area contributed by atoms with Crippen LogP contribution >= 0.6 is 0 Å². The number of nitrogens with zero attached hydrogens (tertiary/aromatic N) is 4. The summed E-state index contributed by atoms with van der Waals surface area (Å²) in [5.74, 6) is 2.61. The average molecular weight is 453 g/mol. The highest BCUT2D eigenvalue weighted by atomic mass is 16.5. The van der Waals surface area contributed by atoms with E-state index in [1.54, 1.807) is 36.8 Å². The van der Waals surface area contributed by atoms with E-state index in [9.17, 15) is 4.79 Å². The van der Waals surface area contributed by atoms with Gasteiger partial charge in [-0.25, -0.2) is 9.97 Å². The van der Waals surface area contributed by atoms with Gasteiger partial charge in [0.25, 0.3) is 0 Å². The van der Waals surface area contributed by atoms with Crippen LogP contribution in [0.1, 0.15) is 19.8 Å². The first-order valence-electron chi connectivity index (χ1n) is 11.1. The average Bonchev–Trinajstić information content (AvgIpc) is 3.29. The number of hydrogen-bond donors (Lipinski definition) is 2. The summed E-state index contributed by atoms with van der Waals surface area (Å²) in [6.07, 6.45) is 14.4. The molecule has 2 heterocycles. The molecule has 0 saturated carbocycles. The van der Waals surface area contributed by atoms with Gasteiger partial charge < -0.3 is 15.4 Å². The first-order chi connectivity index (χ1) is 16.7. The Morgan fingerprint density at radius 3 is 2.71 bits per heavy atom. The molecule has 0 aliphatic heterocycles. The molecule has 34 heavy (non-hydrogen) atoms. The molecule has 8 nitrogen and oxygen atoms in total. The third kappa shape index (κ3) is 4.38. The second kappa shape index (κ2) is 9.19. The van der Waals surface area contributed by atoms with E-state index in [0.717, 1.165) is 23.9 Å². The van der Waals surface area contributed by atoms with Crippen molar-refractivity contribution in [3.63, 3.8) is 0 Å². The summed E-state index contributed by atoms with van der Waals surface area (Å²) >= 11 is 0. The Balaban J connectivity index is 1.42. The number of aromatic nitrogens is 4. The Bertz CT molecular complexity index is 1380. The largest absolute Gasteiger partial charge is 0.457 e. The van der Waals surface area contributed by atoms with Crippen LogP contribution in [0.15, 0.2) is 85.4 Å². The van der Waals surface area contributed by atoms with Crippen molar-refractivity contribution in [2.45, 2.75) is 25.3 Å². The van der Waals surface area contributed by atoms with Crippen molar-refractivity contribution in [3.8, 4) is 17.3 Å². The maximum Gasteiger partial charge on any atom is 0.225 e. The summed E-state index contributed by atoms with van der Waals surface area (Å²) in [7, 11) is 0. The van der Waals surface area contributed by atoms with Gasteiger partial charge in [-0.3, -0.25) is 9.36 Å². The molecule has 0 unspecified atom stereocenters. The van der Waals surface area contributed by atoms with Crippen molar-refractivity contribution in [2.24, 2.45) is 0 Å². The van der Waals surface area contributed by atoms with Gasteiger partial charge in [0.15, 0.2) is 0 Å². The minimum absolute atomic E-state index is 0.192. The number of imidazole rings is 1. The van der Waals surface area contributed by atoms with Gasteiger partial charge in [-0.15, -0.1) is 0 Å². The number of amides is 1. The second-order valence-electron chi connectivity index (χ2n) is 8.02. The summed E-state index contributed by atoms with van der Waals surface area (Å²) in [4.78, 5) is 24.3. The minimum atomic E-state index is -0.192. The fourth-order valence-electron chi connectivity index (χ4n) is 3.93. The predicted molar refractivity (Wildman–Crippen MR) is 132 cm³/mol. The number of carbonyl (C=O) groups is 1. The third-order valence-electron chi connectivity index (χ3n) is 5.86. The summed E-state index contributed by atoms with van der Waals surface area (Å²) in [6.45, 7) is 2.15. The standard InChI is InChI=1S/C26H24N6O2/c1-2-26(13-4-3-5-14-26)31-25-27-15-12-24(30-25)32-17-28-22-11-10-21(16-23(22)32)34-20-8-6-19(7-9-20)29-18-33/h3-13,15-18H,2,14H2,1H3,(H,29,33)(H,27,30,31)/t26-/m1/s1. The Morgan fingerprint density at radius 1 is 1.09 bits per heavy atom. The molecule has 2 N–H and O–H groups in total. The minimum Gasteiger partial charge on any atom is -0.457 e. The normalized spacial score (nSPS) is 17.0. The molecular formula is C26H24N6O2. The van der Waals surface area contributed by atoms with Crippen LogP contribution in [0.2, 0.25) is 0 Å². The molecule has 5 rings (SSSR count). The van der Waals surface area contributed by atoms with Gasteiger partial charge in [0, 0.05) is 18.0 Å². The maximum absolute atomic E-state index is 10.6. The molecule has 1 aliphatic carbocycles. The van der Waals surface area contributed by atoms with Gasteiger partial charge in [-0.2, -0.15) is 4.98 Å². The molecule has 2 aromatic heterocycles. The summed E-state index contributed by atoms with van der Waals surface area (Å²) < 4.78 is 7.93. The zero-order valence-electron chi connectivity index (χ0n) is 18.7. The molecule has 1 atom stereocenters. The van der Waals surface area contributed by atoms with Crippen LogP contribution in [0.5, 0.6) is 11.5 Å². The summed E-state index contributed by atoms with van der Waals surface area (Å²) in [5.41, 5.74) is 2.21. The number of fused-ring (bicyclic) bond motifs is 1. The van der Waals surface area contributed by atoms with E-state index in [-0.39, 0.29) is 5.54 Å². The van der Waals surface area contributed by atoms with Crippen LogP contribution < -0.4 is 15.4 Å². The van der Waals surface area contributed by atoms with Gasteiger partial charge >= 0.3 is 0 Å². The van der Waals surface area contributed by atoms with Gasteiger partial charge in [0.05, 0.1) is 16.6 Å². The second-order valence-corrected chi connectivity index (χ2v) is 8.02. The number of nitrogens with one attached hydrogen (secondary N) is 2. The fourth-order valence-corrected chi connectivity index (χ4v) is 3.93. The molecule has 2 aromatic carbocycles. The highest BCUT2D eigenvalue weighted by molar-refractivity contribution is 5.79.